The topological polar surface area (TPSA) is 0 Å². The third-order valence-electron chi connectivity index (χ3n) is 4.28. The van der Waals surface area contributed by atoms with Gasteiger partial charge in [-0.15, -0.1) is 12.6 Å². The maximum absolute atomic E-state index is 4.33. The number of benzene rings is 2. The highest BCUT2D eigenvalue weighted by atomic mass is 32.1. The Morgan fingerprint density at radius 3 is 2.19 bits per heavy atom. The molecule has 0 nitrogen and oxygen atoms in total. The summed E-state index contributed by atoms with van der Waals surface area (Å²) in [6.45, 7) is 4.57. The Bertz CT molecular complexity index is 538. The average molecular weight is 298 g/mol. The predicted octanol–water partition coefficient (Wildman–Crippen LogP) is 6.05. The van der Waals surface area contributed by atoms with Crippen LogP contribution in [0.1, 0.15) is 55.7 Å². The molecule has 0 saturated carbocycles. The van der Waals surface area contributed by atoms with Crippen molar-refractivity contribution in [2.45, 2.75) is 56.8 Å². The van der Waals surface area contributed by atoms with Crippen molar-refractivity contribution in [1.29, 1.82) is 0 Å². The molecule has 0 aliphatic heterocycles. The Hall–Kier alpha value is -1.21. The first-order valence-electron chi connectivity index (χ1n) is 8.09. The van der Waals surface area contributed by atoms with E-state index in [4.69, 9.17) is 0 Å². The molecule has 0 unspecified atom stereocenters. The van der Waals surface area contributed by atoms with Gasteiger partial charge in [0.25, 0.3) is 0 Å². The van der Waals surface area contributed by atoms with Gasteiger partial charge in [-0.2, -0.15) is 0 Å². The Labute approximate surface area is 135 Å². The second kappa shape index (κ2) is 8.29. The van der Waals surface area contributed by atoms with Gasteiger partial charge in [-0.1, -0.05) is 50.2 Å². The summed E-state index contributed by atoms with van der Waals surface area (Å²) < 4.78 is 0. The summed E-state index contributed by atoms with van der Waals surface area (Å²) in [5.74, 6) is 0.716. The van der Waals surface area contributed by atoms with E-state index in [2.05, 4.69) is 75.0 Å². The molecule has 2 aromatic rings. The van der Waals surface area contributed by atoms with Crippen molar-refractivity contribution in [3.05, 3.63) is 65.2 Å². The van der Waals surface area contributed by atoms with E-state index in [9.17, 15) is 0 Å². The lowest BCUT2D eigenvalue weighted by atomic mass is 9.92. The van der Waals surface area contributed by atoms with Crippen LogP contribution in [0.5, 0.6) is 0 Å². The molecule has 21 heavy (non-hydrogen) atoms. The summed E-state index contributed by atoms with van der Waals surface area (Å²) in [6.07, 6.45) is 5.98. The third kappa shape index (κ3) is 4.93. The van der Waals surface area contributed by atoms with Crippen molar-refractivity contribution in [1.82, 2.24) is 0 Å². The van der Waals surface area contributed by atoms with Gasteiger partial charge in [0, 0.05) is 4.90 Å². The molecule has 0 aliphatic carbocycles. The highest BCUT2D eigenvalue weighted by Crippen LogP contribution is 2.24. The molecule has 0 N–H and O–H groups in total. The van der Waals surface area contributed by atoms with E-state index in [1.165, 1.54) is 36.0 Å². The van der Waals surface area contributed by atoms with Crippen LogP contribution in [0.15, 0.2) is 53.4 Å². The number of hydrogen-bond acceptors (Lipinski definition) is 1. The lowest BCUT2D eigenvalue weighted by Crippen LogP contribution is -1.97. The minimum Gasteiger partial charge on any atom is -0.143 e. The summed E-state index contributed by atoms with van der Waals surface area (Å²) >= 11 is 4.33. The third-order valence-corrected chi connectivity index (χ3v) is 4.57. The second-order valence-electron chi connectivity index (χ2n) is 5.78. The first kappa shape index (κ1) is 16.2. The molecule has 112 valence electrons. The zero-order valence-electron chi connectivity index (χ0n) is 13.2. The van der Waals surface area contributed by atoms with Gasteiger partial charge < -0.3 is 0 Å². The van der Waals surface area contributed by atoms with Gasteiger partial charge in [0.05, 0.1) is 0 Å². The van der Waals surface area contributed by atoms with Crippen molar-refractivity contribution in [3.63, 3.8) is 0 Å². The van der Waals surface area contributed by atoms with E-state index in [1.807, 2.05) is 0 Å². The molecule has 0 heterocycles. The number of hydrogen-bond donors (Lipinski definition) is 1. The quantitative estimate of drug-likeness (QED) is 0.591. The van der Waals surface area contributed by atoms with Crippen LogP contribution in [0.25, 0.3) is 0 Å². The lowest BCUT2D eigenvalue weighted by molar-refractivity contribution is 0.640. The lowest BCUT2D eigenvalue weighted by Gasteiger charge is -2.14. The molecule has 0 saturated heterocycles. The molecule has 0 amide bonds. The SMILES string of the molecule is CCC(CC)c1cccc(CCCc2ccc(S)cc2)c1. The average Bonchev–Trinajstić information content (AvgIpc) is 2.51. The van der Waals surface area contributed by atoms with E-state index in [-0.39, 0.29) is 0 Å². The van der Waals surface area contributed by atoms with Crippen LogP contribution < -0.4 is 0 Å². The summed E-state index contributed by atoms with van der Waals surface area (Å²) in [5.41, 5.74) is 4.39. The standard InChI is InChI=1S/C20H26S/c1-3-18(4-2)19-10-6-9-17(15-19)8-5-7-16-11-13-20(21)14-12-16/h6,9-15,18,21H,3-5,7-8H2,1-2H3. The molecule has 1 heteroatoms. The maximum Gasteiger partial charge on any atom is 0.00401 e. The fraction of sp³-hybridized carbons (Fsp3) is 0.400. The van der Waals surface area contributed by atoms with Crippen molar-refractivity contribution in [2.24, 2.45) is 0 Å². The number of aryl methyl sites for hydroxylation is 2. The van der Waals surface area contributed by atoms with Crippen LogP contribution in [0.2, 0.25) is 0 Å². The molecular weight excluding hydrogens is 272 g/mol. The van der Waals surface area contributed by atoms with E-state index in [1.54, 1.807) is 0 Å². The zero-order valence-corrected chi connectivity index (χ0v) is 14.1. The fourth-order valence-corrected chi connectivity index (χ4v) is 3.07. The van der Waals surface area contributed by atoms with E-state index < -0.39 is 0 Å². The molecule has 2 rings (SSSR count). The summed E-state index contributed by atoms with van der Waals surface area (Å²) in [6, 6.07) is 17.7. The summed E-state index contributed by atoms with van der Waals surface area (Å²) in [5, 5.41) is 0. The van der Waals surface area contributed by atoms with Gasteiger partial charge in [0.2, 0.25) is 0 Å². The van der Waals surface area contributed by atoms with Gasteiger partial charge in [0.15, 0.2) is 0 Å². The summed E-state index contributed by atoms with van der Waals surface area (Å²) in [4.78, 5) is 1.04. The smallest absolute Gasteiger partial charge is 0.00401 e. The molecule has 0 fully saturated rings. The molecule has 0 spiro atoms. The largest absolute Gasteiger partial charge is 0.143 e. The van der Waals surface area contributed by atoms with Crippen LogP contribution in [0.3, 0.4) is 0 Å². The van der Waals surface area contributed by atoms with Gasteiger partial charge >= 0.3 is 0 Å². The molecule has 0 aromatic heterocycles. The van der Waals surface area contributed by atoms with Crippen LogP contribution in [0, 0.1) is 0 Å². The predicted molar refractivity (Wildman–Crippen MR) is 95.5 cm³/mol. The fourth-order valence-electron chi connectivity index (χ4n) is 2.92. The van der Waals surface area contributed by atoms with Crippen LogP contribution >= 0.6 is 12.6 Å². The van der Waals surface area contributed by atoms with E-state index in [0.29, 0.717) is 5.92 Å². The molecule has 0 atom stereocenters. The van der Waals surface area contributed by atoms with Gasteiger partial charge in [-0.3, -0.25) is 0 Å². The zero-order chi connectivity index (χ0) is 15.1. The molecular formula is C20H26S. The van der Waals surface area contributed by atoms with Crippen LogP contribution in [-0.4, -0.2) is 0 Å². The Balaban J connectivity index is 1.91. The second-order valence-corrected chi connectivity index (χ2v) is 6.29. The molecule has 0 aliphatic rings. The minimum absolute atomic E-state index is 0.716. The van der Waals surface area contributed by atoms with Crippen molar-refractivity contribution in [3.8, 4) is 0 Å². The van der Waals surface area contributed by atoms with Crippen molar-refractivity contribution < 1.29 is 0 Å². The Morgan fingerprint density at radius 2 is 1.52 bits per heavy atom. The Morgan fingerprint density at radius 1 is 0.857 bits per heavy atom. The van der Waals surface area contributed by atoms with Gasteiger partial charge in [0.1, 0.15) is 0 Å². The molecule has 0 radical (unpaired) electrons. The van der Waals surface area contributed by atoms with E-state index >= 15 is 0 Å². The number of thiol groups is 1. The van der Waals surface area contributed by atoms with Gasteiger partial charge in [-0.05, 0) is 66.8 Å². The minimum atomic E-state index is 0.716. The highest BCUT2D eigenvalue weighted by molar-refractivity contribution is 7.80. The maximum atomic E-state index is 4.33. The van der Waals surface area contributed by atoms with Crippen molar-refractivity contribution >= 4 is 12.6 Å². The first-order valence-corrected chi connectivity index (χ1v) is 8.54. The van der Waals surface area contributed by atoms with Crippen LogP contribution in [-0.2, 0) is 12.8 Å². The molecule has 2 aromatic carbocycles. The summed E-state index contributed by atoms with van der Waals surface area (Å²) in [7, 11) is 0. The highest BCUT2D eigenvalue weighted by Gasteiger charge is 2.07. The van der Waals surface area contributed by atoms with Crippen molar-refractivity contribution in [2.75, 3.05) is 0 Å². The normalized spacial score (nSPS) is 11.0. The van der Waals surface area contributed by atoms with Gasteiger partial charge in [-0.25, -0.2) is 0 Å². The molecule has 0 bridgehead atoms. The number of rotatable bonds is 7. The van der Waals surface area contributed by atoms with E-state index in [0.717, 1.165) is 17.7 Å². The Kier molecular flexibility index (Phi) is 6.38. The van der Waals surface area contributed by atoms with Crippen LogP contribution in [0.4, 0.5) is 0 Å². The monoisotopic (exact) mass is 298 g/mol. The first-order chi connectivity index (χ1) is 10.2.